The smallest absolute Gasteiger partial charge is 0.225 e. The van der Waals surface area contributed by atoms with Crippen molar-refractivity contribution in [2.24, 2.45) is 79.6 Å². The molecule has 0 saturated heterocycles. The van der Waals surface area contributed by atoms with Crippen molar-refractivity contribution in [3.63, 3.8) is 0 Å². The van der Waals surface area contributed by atoms with Gasteiger partial charge in [0.1, 0.15) is 17.9 Å². The van der Waals surface area contributed by atoms with E-state index in [2.05, 4.69) is 10.8 Å². The number of carbonyl (C=O) groups excluding carboxylic acids is 2. The van der Waals surface area contributed by atoms with Crippen molar-refractivity contribution in [3.05, 3.63) is 0 Å². The van der Waals surface area contributed by atoms with Crippen LogP contribution < -0.4 is 10.8 Å². The Morgan fingerprint density at radius 2 is 1.24 bits per heavy atom. The van der Waals surface area contributed by atoms with Crippen LogP contribution in [0, 0.1) is 59.2 Å². The fourth-order valence-corrected chi connectivity index (χ4v) is 13.6. The molecule has 18 unspecified atom stereocenters. The minimum Gasteiger partial charge on any atom is -0.390 e. The number of amides is 1. The van der Waals surface area contributed by atoms with E-state index >= 15 is 0 Å². The third-order valence-corrected chi connectivity index (χ3v) is 16.6. The normalized spacial score (nSPS) is 48.2. The number of halogens is 1. The molecule has 0 bridgehead atoms. The minimum absolute atomic E-state index is 0.0113. The Bertz CT molecular complexity index is 1370. The fraction of sp³-hybridized carbons (Fsp3) is 0.952. The van der Waals surface area contributed by atoms with Crippen LogP contribution in [0.1, 0.15) is 128 Å². The monoisotopic (exact) mass is 770 g/mol. The van der Waals surface area contributed by atoms with Gasteiger partial charge in [0, 0.05) is 30.8 Å². The minimum atomic E-state index is -0.813. The lowest BCUT2D eigenvalue weighted by Gasteiger charge is -2.45. The number of hydrogen-bond donors (Lipinski definition) is 4. The van der Waals surface area contributed by atoms with E-state index in [4.69, 9.17) is 36.9 Å². The van der Waals surface area contributed by atoms with E-state index in [9.17, 15) is 19.8 Å². The SMILES string of the molecule is CNC(=O)C1CC2CCCCC2C(N=NC2CCC3C(C2)C(=O)C2CC(N=NC4C(O)C(CONC5CCCCC5Cl)CC5CCCCC54)CCC23)C1O. The third kappa shape index (κ3) is 8.10. The van der Waals surface area contributed by atoms with Gasteiger partial charge in [-0.25, -0.2) is 0 Å². The molecule has 8 fully saturated rings. The van der Waals surface area contributed by atoms with Crippen LogP contribution in [-0.2, 0) is 14.4 Å². The molecule has 8 saturated carbocycles. The van der Waals surface area contributed by atoms with Gasteiger partial charge in [0.05, 0.1) is 42.2 Å². The molecular weight excluding hydrogens is 704 g/mol. The average Bonchev–Trinajstić information content (AvgIpc) is 3.47. The van der Waals surface area contributed by atoms with Crippen molar-refractivity contribution < 1.29 is 24.6 Å². The Morgan fingerprint density at radius 1 is 0.685 bits per heavy atom. The maximum absolute atomic E-state index is 14.1. The predicted molar refractivity (Wildman–Crippen MR) is 206 cm³/mol. The maximum atomic E-state index is 14.1. The Morgan fingerprint density at radius 3 is 1.85 bits per heavy atom. The van der Waals surface area contributed by atoms with Gasteiger partial charge < -0.3 is 20.4 Å². The number of hydroxylamine groups is 1. The van der Waals surface area contributed by atoms with E-state index in [1.165, 1.54) is 38.5 Å². The molecule has 0 spiro atoms. The first kappa shape index (κ1) is 39.3. The summed E-state index contributed by atoms with van der Waals surface area (Å²) in [6.45, 7) is 0.459. The van der Waals surface area contributed by atoms with Crippen LogP contribution in [-0.4, -0.2) is 83.4 Å². The summed E-state index contributed by atoms with van der Waals surface area (Å²) in [5.41, 5.74) is 3.24. The number of nitrogens with one attached hydrogen (secondary N) is 2. The van der Waals surface area contributed by atoms with Gasteiger partial charge in [0.25, 0.3) is 0 Å². The van der Waals surface area contributed by atoms with E-state index in [-0.39, 0.29) is 65.2 Å². The number of Topliss-reactive ketones (excluding diaryl/α,β-unsaturated/α-hetero) is 1. The summed E-state index contributed by atoms with van der Waals surface area (Å²) in [4.78, 5) is 32.8. The number of aliphatic hydroxyl groups is 2. The molecule has 8 rings (SSSR count). The molecule has 8 aliphatic rings. The number of alkyl halides is 1. The Balaban J connectivity index is 0.879. The van der Waals surface area contributed by atoms with Crippen LogP contribution >= 0.6 is 11.6 Å². The second-order valence-corrected chi connectivity index (χ2v) is 19.6. The first-order valence-corrected chi connectivity index (χ1v) is 22.7. The molecule has 1 amide bonds. The van der Waals surface area contributed by atoms with E-state index < -0.39 is 18.1 Å². The molecule has 0 heterocycles. The molecular formula is C42H67ClN6O5. The van der Waals surface area contributed by atoms with Gasteiger partial charge >= 0.3 is 0 Å². The maximum Gasteiger partial charge on any atom is 0.225 e. The first-order chi connectivity index (χ1) is 26.3. The van der Waals surface area contributed by atoms with Crippen LogP contribution in [0.15, 0.2) is 20.5 Å². The summed E-state index contributed by atoms with van der Waals surface area (Å²) < 4.78 is 0. The van der Waals surface area contributed by atoms with Gasteiger partial charge in [0.2, 0.25) is 5.91 Å². The largest absolute Gasteiger partial charge is 0.390 e. The van der Waals surface area contributed by atoms with Crippen molar-refractivity contribution in [3.8, 4) is 0 Å². The average molecular weight is 771 g/mol. The van der Waals surface area contributed by atoms with Crippen LogP contribution in [0.4, 0.5) is 0 Å². The predicted octanol–water partition coefficient (Wildman–Crippen LogP) is 6.97. The van der Waals surface area contributed by atoms with E-state index in [1.807, 2.05) is 0 Å². The summed E-state index contributed by atoms with van der Waals surface area (Å²) in [6, 6.07) is -0.381. The number of aliphatic hydroxyl groups excluding tert-OH is 2. The topological polar surface area (TPSA) is 157 Å². The van der Waals surface area contributed by atoms with Gasteiger partial charge in [-0.05, 0) is 113 Å². The van der Waals surface area contributed by atoms with Gasteiger partial charge in [-0.15, -0.1) is 11.6 Å². The molecule has 54 heavy (non-hydrogen) atoms. The number of hydrogen-bond acceptors (Lipinski definition) is 10. The number of rotatable bonds is 9. The number of ketones is 1. The van der Waals surface area contributed by atoms with Gasteiger partial charge in [0.15, 0.2) is 0 Å². The molecule has 0 aliphatic heterocycles. The first-order valence-electron chi connectivity index (χ1n) is 22.2. The number of carbonyl (C=O) groups is 2. The van der Waals surface area contributed by atoms with Gasteiger partial charge in [-0.3, -0.25) is 9.59 Å². The quantitative estimate of drug-likeness (QED) is 0.113. The molecule has 0 aromatic rings. The lowest BCUT2D eigenvalue weighted by Crippen LogP contribution is -2.52. The van der Waals surface area contributed by atoms with Gasteiger partial charge in [-0.2, -0.15) is 25.9 Å². The molecule has 12 heteroatoms. The van der Waals surface area contributed by atoms with E-state index in [1.54, 1.807) is 7.05 Å². The highest BCUT2D eigenvalue weighted by atomic mass is 35.5. The summed E-state index contributed by atoms with van der Waals surface area (Å²) in [5, 5.41) is 45.6. The molecule has 4 N–H and O–H groups in total. The fourth-order valence-electron chi connectivity index (χ4n) is 13.2. The van der Waals surface area contributed by atoms with E-state index in [0.717, 1.165) is 89.9 Å². The second-order valence-electron chi connectivity index (χ2n) is 19.0. The standard InChI is InChI=1S/C42H67ClN6O5/c1-44-42(53)34-19-24-9-3-5-11-29(24)38(41(34)52)48-46-27-15-17-31-30-16-14-26(20-32(30)40(51)33(31)21-27)45-47-37-28-10-4-2-8-23(28)18-25(39(37)50)22-54-49-36-13-7-6-12-35(36)43/h23-39,41,49-50,52H,2-22H2,1H3,(H,44,53). The number of fused-ring (bicyclic) bond motifs is 5. The highest BCUT2D eigenvalue weighted by Gasteiger charge is 2.54. The Kier molecular flexibility index (Phi) is 12.8. The third-order valence-electron chi connectivity index (χ3n) is 16.1. The molecule has 302 valence electrons. The molecule has 0 radical (unpaired) electrons. The highest BCUT2D eigenvalue weighted by molar-refractivity contribution is 6.21. The molecule has 18 atom stereocenters. The lowest BCUT2D eigenvalue weighted by molar-refractivity contribution is -0.134. The molecule has 8 aliphatic carbocycles. The van der Waals surface area contributed by atoms with Crippen LogP contribution in [0.5, 0.6) is 0 Å². The zero-order valence-corrected chi connectivity index (χ0v) is 33.3. The summed E-state index contributed by atoms with van der Waals surface area (Å²) >= 11 is 6.56. The van der Waals surface area contributed by atoms with E-state index in [0.29, 0.717) is 42.0 Å². The van der Waals surface area contributed by atoms with Gasteiger partial charge in [-0.1, -0.05) is 51.4 Å². The number of azo groups is 2. The van der Waals surface area contributed by atoms with Crippen molar-refractivity contribution in [1.29, 1.82) is 0 Å². The van der Waals surface area contributed by atoms with Crippen LogP contribution in [0.2, 0.25) is 0 Å². The lowest BCUT2D eigenvalue weighted by atomic mass is 9.64. The highest BCUT2D eigenvalue weighted by Crippen LogP contribution is 2.54. The molecule has 0 aromatic heterocycles. The van der Waals surface area contributed by atoms with Crippen molar-refractivity contribution >= 4 is 23.3 Å². The zero-order valence-electron chi connectivity index (χ0n) is 32.5. The van der Waals surface area contributed by atoms with Crippen molar-refractivity contribution in [1.82, 2.24) is 10.8 Å². The molecule has 11 nitrogen and oxygen atoms in total. The number of nitrogens with zero attached hydrogens (tertiary/aromatic N) is 4. The zero-order chi connectivity index (χ0) is 37.3. The van der Waals surface area contributed by atoms with Crippen LogP contribution in [0.25, 0.3) is 0 Å². The summed E-state index contributed by atoms with van der Waals surface area (Å²) in [5.74, 6) is 2.32. The molecule has 0 aromatic carbocycles. The van der Waals surface area contributed by atoms with Crippen molar-refractivity contribution in [2.45, 2.75) is 176 Å². The van der Waals surface area contributed by atoms with Crippen LogP contribution in [0.3, 0.4) is 0 Å². The second kappa shape index (κ2) is 17.5. The Labute approximate surface area is 327 Å². The summed E-state index contributed by atoms with van der Waals surface area (Å²) in [6.07, 6.45) is 19.2. The Hall–Kier alpha value is -1.53. The summed E-state index contributed by atoms with van der Waals surface area (Å²) in [7, 11) is 1.64. The van der Waals surface area contributed by atoms with Crippen molar-refractivity contribution in [2.75, 3.05) is 13.7 Å².